The van der Waals surface area contributed by atoms with Crippen LogP contribution in [-0.4, -0.2) is 45.9 Å². The summed E-state index contributed by atoms with van der Waals surface area (Å²) in [4.78, 5) is 23.9. The number of halogens is 1. The van der Waals surface area contributed by atoms with Gasteiger partial charge in [0.2, 0.25) is 0 Å². The van der Waals surface area contributed by atoms with Gasteiger partial charge in [-0.3, -0.25) is 9.59 Å². The second kappa shape index (κ2) is 10.2. The van der Waals surface area contributed by atoms with E-state index in [0.717, 1.165) is 0 Å². The van der Waals surface area contributed by atoms with E-state index in [9.17, 15) is 9.59 Å². The number of carbonyl (C=O) groups is 2. The van der Waals surface area contributed by atoms with Gasteiger partial charge >= 0.3 is 0 Å². The molecule has 28 heavy (non-hydrogen) atoms. The van der Waals surface area contributed by atoms with E-state index in [2.05, 4.69) is 15.8 Å². The number of carbonyl (C=O) groups excluding carboxylic acids is 2. The minimum absolute atomic E-state index is 0.244. The molecule has 2 rings (SSSR count). The lowest BCUT2D eigenvalue weighted by atomic mass is 10.2. The summed E-state index contributed by atoms with van der Waals surface area (Å²) in [5, 5.41) is 6.79. The molecule has 0 atom stereocenters. The Morgan fingerprint density at radius 3 is 2.36 bits per heavy atom. The third kappa shape index (κ3) is 5.62. The Morgan fingerprint density at radius 1 is 1.04 bits per heavy atom. The van der Waals surface area contributed by atoms with E-state index in [1.54, 1.807) is 30.3 Å². The summed E-state index contributed by atoms with van der Waals surface area (Å²) in [6, 6.07) is 9.72. The molecule has 0 radical (unpaired) electrons. The fourth-order valence-electron chi connectivity index (χ4n) is 2.26. The highest BCUT2D eigenvalue weighted by Crippen LogP contribution is 2.33. The smallest absolute Gasteiger partial charge is 0.259 e. The van der Waals surface area contributed by atoms with Crippen LogP contribution in [-0.2, 0) is 4.79 Å². The van der Waals surface area contributed by atoms with Crippen LogP contribution in [0.2, 0.25) is 5.02 Å². The lowest BCUT2D eigenvalue weighted by molar-refractivity contribution is -0.120. The molecule has 0 saturated carbocycles. The van der Waals surface area contributed by atoms with Crippen molar-refractivity contribution in [2.45, 2.75) is 0 Å². The van der Waals surface area contributed by atoms with Gasteiger partial charge in [0.25, 0.3) is 11.8 Å². The third-order valence-electron chi connectivity index (χ3n) is 3.63. The highest BCUT2D eigenvalue weighted by molar-refractivity contribution is 6.31. The molecule has 0 heterocycles. The van der Waals surface area contributed by atoms with E-state index in [4.69, 9.17) is 25.8 Å². The van der Waals surface area contributed by atoms with Gasteiger partial charge in [0, 0.05) is 22.2 Å². The molecular weight excluding hydrogens is 386 g/mol. The molecule has 0 unspecified atom stereocenters. The number of ether oxygens (including phenoxy) is 3. The summed E-state index contributed by atoms with van der Waals surface area (Å²) in [5.74, 6) is 0.577. The van der Waals surface area contributed by atoms with E-state index in [1.165, 1.54) is 33.6 Å². The monoisotopic (exact) mass is 405 g/mol. The average Bonchev–Trinajstić information content (AvgIpc) is 2.71. The zero-order chi connectivity index (χ0) is 20.5. The average molecular weight is 406 g/mol. The Morgan fingerprint density at radius 2 is 1.71 bits per heavy atom. The van der Waals surface area contributed by atoms with Gasteiger partial charge in [0.05, 0.1) is 34.1 Å². The summed E-state index contributed by atoms with van der Waals surface area (Å²) < 4.78 is 15.7. The summed E-state index contributed by atoms with van der Waals surface area (Å²) in [6.07, 6.45) is 1.40. The van der Waals surface area contributed by atoms with Gasteiger partial charge in [0.1, 0.15) is 5.75 Å². The molecule has 8 nitrogen and oxygen atoms in total. The van der Waals surface area contributed by atoms with Gasteiger partial charge in [0.15, 0.2) is 11.5 Å². The quantitative estimate of drug-likeness (QED) is 0.518. The van der Waals surface area contributed by atoms with Crippen LogP contribution in [0.15, 0.2) is 41.5 Å². The second-order valence-corrected chi connectivity index (χ2v) is 5.87. The van der Waals surface area contributed by atoms with Crippen molar-refractivity contribution in [2.24, 2.45) is 5.10 Å². The molecule has 2 aromatic rings. The molecule has 0 aliphatic carbocycles. The van der Waals surface area contributed by atoms with E-state index in [0.29, 0.717) is 33.4 Å². The van der Waals surface area contributed by atoms with Gasteiger partial charge in [-0.25, -0.2) is 5.43 Å². The topological polar surface area (TPSA) is 98.2 Å². The normalized spacial score (nSPS) is 10.4. The maximum absolute atomic E-state index is 12.0. The Balaban J connectivity index is 1.95. The first-order valence-corrected chi connectivity index (χ1v) is 8.52. The number of amides is 2. The highest BCUT2D eigenvalue weighted by atomic mass is 35.5. The van der Waals surface area contributed by atoms with E-state index in [-0.39, 0.29) is 6.54 Å². The van der Waals surface area contributed by atoms with Gasteiger partial charge in [-0.1, -0.05) is 17.7 Å². The molecule has 9 heteroatoms. The second-order valence-electron chi connectivity index (χ2n) is 5.44. The molecule has 0 aromatic heterocycles. The minimum atomic E-state index is -0.494. The van der Waals surface area contributed by atoms with Crippen LogP contribution >= 0.6 is 11.6 Å². The SMILES string of the molecule is COc1cc(OC)c(OC)cc1/C=N/NC(=O)CNC(=O)c1cccc(Cl)c1. The molecule has 0 aliphatic heterocycles. The standard InChI is InChI=1S/C19H20ClN3O5/c1-26-15-9-17(28-3)16(27-2)8-13(15)10-22-23-18(24)11-21-19(25)12-5-4-6-14(20)7-12/h4-10H,11H2,1-3H3,(H,21,25)(H,23,24)/b22-10+. The van der Waals surface area contributed by atoms with Crippen molar-refractivity contribution in [3.8, 4) is 17.2 Å². The van der Waals surface area contributed by atoms with Crippen LogP contribution in [0.3, 0.4) is 0 Å². The number of methoxy groups -OCH3 is 3. The number of hydrogen-bond donors (Lipinski definition) is 2. The molecule has 0 aliphatic rings. The predicted octanol–water partition coefficient (Wildman–Crippen LogP) is 2.25. The van der Waals surface area contributed by atoms with Crippen molar-refractivity contribution in [1.29, 1.82) is 0 Å². The molecule has 0 bridgehead atoms. The summed E-state index contributed by atoms with van der Waals surface area (Å²) in [5.41, 5.74) is 3.26. The van der Waals surface area contributed by atoms with Crippen LogP contribution in [0.25, 0.3) is 0 Å². The number of benzene rings is 2. The van der Waals surface area contributed by atoms with Crippen molar-refractivity contribution < 1.29 is 23.8 Å². The van der Waals surface area contributed by atoms with Crippen molar-refractivity contribution >= 4 is 29.6 Å². The molecular formula is C19H20ClN3O5. The number of hydrazone groups is 1. The van der Waals surface area contributed by atoms with E-state index >= 15 is 0 Å². The first-order chi connectivity index (χ1) is 13.5. The van der Waals surface area contributed by atoms with E-state index in [1.807, 2.05) is 0 Å². The summed E-state index contributed by atoms with van der Waals surface area (Å²) >= 11 is 5.84. The molecule has 2 amide bonds. The first kappa shape index (κ1) is 21.0. The van der Waals surface area contributed by atoms with Gasteiger partial charge in [-0.2, -0.15) is 5.10 Å². The number of nitrogens with zero attached hydrogens (tertiary/aromatic N) is 1. The largest absolute Gasteiger partial charge is 0.496 e. The van der Waals surface area contributed by atoms with Crippen LogP contribution in [0, 0.1) is 0 Å². The van der Waals surface area contributed by atoms with Crippen LogP contribution < -0.4 is 25.0 Å². The fourth-order valence-corrected chi connectivity index (χ4v) is 2.45. The Kier molecular flexibility index (Phi) is 7.65. The highest BCUT2D eigenvalue weighted by Gasteiger charge is 2.11. The number of nitrogens with one attached hydrogen (secondary N) is 2. The molecule has 0 saturated heterocycles. The van der Waals surface area contributed by atoms with Gasteiger partial charge in [-0.05, 0) is 24.3 Å². The zero-order valence-corrected chi connectivity index (χ0v) is 16.4. The van der Waals surface area contributed by atoms with Crippen LogP contribution in [0.4, 0.5) is 0 Å². The Hall–Kier alpha value is -3.26. The van der Waals surface area contributed by atoms with Crippen molar-refractivity contribution in [3.63, 3.8) is 0 Å². The van der Waals surface area contributed by atoms with Gasteiger partial charge in [-0.15, -0.1) is 0 Å². The minimum Gasteiger partial charge on any atom is -0.496 e. The lowest BCUT2D eigenvalue weighted by Gasteiger charge is -2.11. The number of rotatable bonds is 8. The van der Waals surface area contributed by atoms with Gasteiger partial charge < -0.3 is 19.5 Å². The summed E-state index contributed by atoms with van der Waals surface area (Å²) in [7, 11) is 4.53. The molecule has 2 aromatic carbocycles. The predicted molar refractivity (Wildman–Crippen MR) is 106 cm³/mol. The Labute approximate surface area is 167 Å². The van der Waals surface area contributed by atoms with E-state index < -0.39 is 11.8 Å². The maximum atomic E-state index is 12.0. The first-order valence-electron chi connectivity index (χ1n) is 8.14. The lowest BCUT2D eigenvalue weighted by Crippen LogP contribution is -2.34. The summed E-state index contributed by atoms with van der Waals surface area (Å²) in [6.45, 7) is -0.244. The fraction of sp³-hybridized carbons (Fsp3) is 0.211. The van der Waals surface area contributed by atoms with Crippen molar-refractivity contribution in [3.05, 3.63) is 52.5 Å². The number of hydrogen-bond acceptors (Lipinski definition) is 6. The van der Waals surface area contributed by atoms with Crippen molar-refractivity contribution in [1.82, 2.24) is 10.7 Å². The molecule has 0 fully saturated rings. The molecule has 2 N–H and O–H groups in total. The van der Waals surface area contributed by atoms with Crippen molar-refractivity contribution in [2.75, 3.05) is 27.9 Å². The zero-order valence-electron chi connectivity index (χ0n) is 15.6. The van der Waals surface area contributed by atoms with Crippen LogP contribution in [0.1, 0.15) is 15.9 Å². The van der Waals surface area contributed by atoms with Crippen LogP contribution in [0.5, 0.6) is 17.2 Å². The Bertz CT molecular complexity index is 886. The maximum Gasteiger partial charge on any atom is 0.259 e. The molecule has 0 spiro atoms. The third-order valence-corrected chi connectivity index (χ3v) is 3.86. The molecule has 148 valence electrons.